The van der Waals surface area contributed by atoms with Crippen molar-refractivity contribution >= 4 is 9.84 Å². The molecule has 5 heteroatoms. The number of hydrogen-bond donors (Lipinski definition) is 1. The summed E-state index contributed by atoms with van der Waals surface area (Å²) in [5, 5.41) is 0. The van der Waals surface area contributed by atoms with E-state index in [-0.39, 0.29) is 11.3 Å². The van der Waals surface area contributed by atoms with E-state index in [0.717, 1.165) is 25.8 Å². The maximum atomic E-state index is 11.7. The summed E-state index contributed by atoms with van der Waals surface area (Å²) in [4.78, 5) is 2.13. The van der Waals surface area contributed by atoms with Crippen LogP contribution in [0.25, 0.3) is 0 Å². The van der Waals surface area contributed by atoms with Crippen molar-refractivity contribution in [3.8, 4) is 0 Å². The van der Waals surface area contributed by atoms with Gasteiger partial charge in [-0.25, -0.2) is 8.42 Å². The molecule has 0 aromatic heterocycles. The minimum absolute atomic E-state index is 0.229. The molecule has 0 aromatic carbocycles. The topological polar surface area (TPSA) is 63.4 Å². The van der Waals surface area contributed by atoms with E-state index < -0.39 is 9.84 Å². The lowest BCUT2D eigenvalue weighted by molar-refractivity contribution is 0.132. The van der Waals surface area contributed by atoms with Crippen molar-refractivity contribution in [3.63, 3.8) is 0 Å². The van der Waals surface area contributed by atoms with E-state index in [9.17, 15) is 8.42 Å². The summed E-state index contributed by atoms with van der Waals surface area (Å²) in [7, 11) is -0.904. The molecule has 0 aliphatic carbocycles. The Kier molecular flexibility index (Phi) is 4.14. The molecule has 0 saturated carbocycles. The van der Waals surface area contributed by atoms with Crippen LogP contribution in [0.15, 0.2) is 0 Å². The molecule has 0 radical (unpaired) electrons. The predicted octanol–water partition coefficient (Wildman–Crippen LogP) is 0.234. The summed E-state index contributed by atoms with van der Waals surface area (Å²) in [6.07, 6.45) is 2.67. The lowest BCUT2D eigenvalue weighted by atomic mass is 9.93. The average molecular weight is 234 g/mol. The molecule has 1 fully saturated rings. The van der Waals surface area contributed by atoms with Crippen molar-refractivity contribution < 1.29 is 8.42 Å². The maximum absolute atomic E-state index is 11.7. The van der Waals surface area contributed by atoms with Crippen molar-refractivity contribution in [3.05, 3.63) is 0 Å². The van der Waals surface area contributed by atoms with Crippen LogP contribution >= 0.6 is 0 Å². The van der Waals surface area contributed by atoms with Crippen molar-refractivity contribution in [1.29, 1.82) is 0 Å². The molecule has 1 aliphatic heterocycles. The number of likely N-dealkylation sites (N-methyl/N-ethyl adjacent to an activating group) is 1. The third-order valence-corrected chi connectivity index (χ3v) is 5.22. The van der Waals surface area contributed by atoms with Gasteiger partial charge >= 0.3 is 0 Å². The normalized spacial score (nSPS) is 30.7. The molecule has 1 saturated heterocycles. The second kappa shape index (κ2) is 4.80. The number of nitrogens with zero attached hydrogens (tertiary/aromatic N) is 1. The molecule has 1 heterocycles. The molecule has 0 aromatic rings. The van der Waals surface area contributed by atoms with E-state index in [2.05, 4.69) is 11.8 Å². The first-order valence-electron chi connectivity index (χ1n) is 5.57. The summed E-state index contributed by atoms with van der Waals surface area (Å²) in [5.74, 6) is 0.557. The summed E-state index contributed by atoms with van der Waals surface area (Å²) in [5.41, 5.74) is 5.47. The zero-order valence-corrected chi connectivity index (χ0v) is 10.5. The molecule has 1 atom stereocenters. The van der Waals surface area contributed by atoms with Gasteiger partial charge < -0.3 is 5.73 Å². The Morgan fingerprint density at radius 2 is 2.13 bits per heavy atom. The van der Waals surface area contributed by atoms with Gasteiger partial charge in [0, 0.05) is 12.1 Å². The summed E-state index contributed by atoms with van der Waals surface area (Å²) < 4.78 is 23.3. The number of rotatable bonds is 4. The van der Waals surface area contributed by atoms with Gasteiger partial charge in [-0.3, -0.25) is 4.90 Å². The van der Waals surface area contributed by atoms with Gasteiger partial charge in [-0.2, -0.15) is 0 Å². The van der Waals surface area contributed by atoms with Crippen LogP contribution in [0.2, 0.25) is 0 Å². The highest BCUT2D eigenvalue weighted by atomic mass is 32.2. The molecule has 4 nitrogen and oxygen atoms in total. The fourth-order valence-electron chi connectivity index (χ4n) is 2.37. The Morgan fingerprint density at radius 3 is 2.60 bits per heavy atom. The number of nitrogens with two attached hydrogens (primary N) is 1. The fourth-order valence-corrected chi connectivity index (χ4v) is 4.40. The van der Waals surface area contributed by atoms with Gasteiger partial charge in [0.25, 0.3) is 0 Å². The van der Waals surface area contributed by atoms with Gasteiger partial charge in [0.2, 0.25) is 0 Å². The number of sulfone groups is 1. The molecule has 2 N–H and O–H groups in total. The maximum Gasteiger partial charge on any atom is 0.152 e. The van der Waals surface area contributed by atoms with Gasteiger partial charge in [-0.15, -0.1) is 0 Å². The van der Waals surface area contributed by atoms with E-state index >= 15 is 0 Å². The Balaban J connectivity index is 2.84. The largest absolute Gasteiger partial charge is 0.329 e. The van der Waals surface area contributed by atoms with Gasteiger partial charge in [-0.1, -0.05) is 6.92 Å². The minimum Gasteiger partial charge on any atom is -0.329 e. The second-order valence-corrected chi connectivity index (χ2v) is 6.73. The fraction of sp³-hybridized carbons (Fsp3) is 1.00. The Labute approximate surface area is 92.7 Å². The molecule has 0 bridgehead atoms. The lowest BCUT2D eigenvalue weighted by Crippen LogP contribution is -2.58. The third kappa shape index (κ3) is 2.92. The van der Waals surface area contributed by atoms with E-state index in [0.29, 0.717) is 12.3 Å². The van der Waals surface area contributed by atoms with Crippen LogP contribution in [0, 0.1) is 0 Å². The Morgan fingerprint density at radius 1 is 1.47 bits per heavy atom. The lowest BCUT2D eigenvalue weighted by Gasteiger charge is -2.43. The van der Waals surface area contributed by atoms with Crippen LogP contribution in [0.5, 0.6) is 0 Å². The summed E-state index contributed by atoms with van der Waals surface area (Å²) in [6, 6.07) is 0. The van der Waals surface area contributed by atoms with Crippen molar-refractivity contribution in [2.24, 2.45) is 5.73 Å². The average Bonchev–Trinajstić information content (AvgIpc) is 2.16. The van der Waals surface area contributed by atoms with Crippen LogP contribution in [0.4, 0.5) is 0 Å². The highest BCUT2D eigenvalue weighted by molar-refractivity contribution is 7.91. The Hall–Kier alpha value is -0.130. The predicted molar refractivity (Wildman–Crippen MR) is 62.6 cm³/mol. The standard InChI is InChI=1S/C10H22N2O2S/c1-3-6-12(2)10(8-11)5-4-7-15(13,14)9-10/h3-9,11H2,1-2H3. The summed E-state index contributed by atoms with van der Waals surface area (Å²) in [6.45, 7) is 3.44. The van der Waals surface area contributed by atoms with E-state index in [1.165, 1.54) is 0 Å². The first-order valence-corrected chi connectivity index (χ1v) is 7.40. The van der Waals surface area contributed by atoms with Gasteiger partial charge in [0.15, 0.2) is 9.84 Å². The second-order valence-electron chi connectivity index (χ2n) is 4.55. The first kappa shape index (κ1) is 12.9. The van der Waals surface area contributed by atoms with Crippen molar-refractivity contribution in [2.45, 2.75) is 31.7 Å². The molecule has 0 spiro atoms. The molecule has 1 aliphatic rings. The van der Waals surface area contributed by atoms with E-state index in [1.807, 2.05) is 7.05 Å². The molecule has 0 amide bonds. The minimum atomic E-state index is -2.89. The first-order chi connectivity index (χ1) is 6.96. The molecule has 1 unspecified atom stereocenters. The van der Waals surface area contributed by atoms with Crippen LogP contribution < -0.4 is 5.73 Å². The van der Waals surface area contributed by atoms with Gasteiger partial charge in [0.05, 0.1) is 11.5 Å². The quantitative estimate of drug-likeness (QED) is 0.756. The van der Waals surface area contributed by atoms with Crippen molar-refractivity contribution in [1.82, 2.24) is 4.90 Å². The molecular formula is C10H22N2O2S. The number of hydrogen-bond acceptors (Lipinski definition) is 4. The van der Waals surface area contributed by atoms with Crippen LogP contribution in [0.3, 0.4) is 0 Å². The van der Waals surface area contributed by atoms with Crippen molar-refractivity contribution in [2.75, 3.05) is 31.6 Å². The molecule has 15 heavy (non-hydrogen) atoms. The zero-order chi connectivity index (χ0) is 11.5. The molecular weight excluding hydrogens is 212 g/mol. The Bertz CT molecular complexity index is 303. The molecule has 90 valence electrons. The highest BCUT2D eigenvalue weighted by Gasteiger charge is 2.40. The van der Waals surface area contributed by atoms with E-state index in [4.69, 9.17) is 5.73 Å². The highest BCUT2D eigenvalue weighted by Crippen LogP contribution is 2.27. The SMILES string of the molecule is CCCN(C)C1(CN)CCCS(=O)(=O)C1. The van der Waals surface area contributed by atoms with Crippen LogP contribution in [-0.4, -0.2) is 50.5 Å². The van der Waals surface area contributed by atoms with Gasteiger partial charge in [0.1, 0.15) is 0 Å². The molecule has 1 rings (SSSR count). The van der Waals surface area contributed by atoms with Gasteiger partial charge in [-0.05, 0) is 32.9 Å². The zero-order valence-electron chi connectivity index (χ0n) is 9.70. The summed E-state index contributed by atoms with van der Waals surface area (Å²) >= 11 is 0. The van der Waals surface area contributed by atoms with Crippen LogP contribution in [0.1, 0.15) is 26.2 Å². The smallest absolute Gasteiger partial charge is 0.152 e. The van der Waals surface area contributed by atoms with Crippen LogP contribution in [-0.2, 0) is 9.84 Å². The monoisotopic (exact) mass is 234 g/mol. The van der Waals surface area contributed by atoms with E-state index in [1.54, 1.807) is 0 Å². The third-order valence-electron chi connectivity index (χ3n) is 3.33.